The molecule has 1 heterocycles. The second kappa shape index (κ2) is 6.13. The summed E-state index contributed by atoms with van der Waals surface area (Å²) in [7, 11) is 0. The van der Waals surface area contributed by atoms with Gasteiger partial charge >= 0.3 is 12.3 Å². The fraction of sp³-hybridized carbons (Fsp3) is 0.462. The minimum absolute atomic E-state index is 0.0558. The molecule has 1 saturated heterocycles. The van der Waals surface area contributed by atoms with Crippen molar-refractivity contribution in [2.24, 2.45) is 0 Å². The van der Waals surface area contributed by atoms with E-state index in [9.17, 15) is 18.0 Å². The van der Waals surface area contributed by atoms with Crippen molar-refractivity contribution in [3.63, 3.8) is 0 Å². The number of carbonyl (C=O) groups excluding carboxylic acids is 1. The first-order valence-electron chi connectivity index (χ1n) is 6.22. The molecule has 110 valence electrons. The lowest BCUT2D eigenvalue weighted by Gasteiger charge is -2.33. The number of piperazine rings is 1. The molecule has 7 heteroatoms. The van der Waals surface area contributed by atoms with Crippen LogP contribution in [0, 0.1) is 0 Å². The van der Waals surface area contributed by atoms with Crippen molar-refractivity contribution >= 4 is 6.09 Å². The minimum atomic E-state index is -4.36. The van der Waals surface area contributed by atoms with Crippen molar-refractivity contribution < 1.29 is 22.7 Å². The van der Waals surface area contributed by atoms with E-state index in [1.807, 2.05) is 6.07 Å². The molecule has 2 rings (SSSR count). The molecule has 1 aliphatic heterocycles. The second-order valence-electron chi connectivity index (χ2n) is 4.53. The summed E-state index contributed by atoms with van der Waals surface area (Å²) in [6.07, 6.45) is -5.08. The summed E-state index contributed by atoms with van der Waals surface area (Å²) < 4.78 is 42.8. The zero-order valence-corrected chi connectivity index (χ0v) is 10.7. The normalized spacial score (nSPS) is 19.8. The Balaban J connectivity index is 1.86. The molecule has 0 spiro atoms. The maximum Gasteiger partial charge on any atom is 0.410 e. The van der Waals surface area contributed by atoms with Gasteiger partial charge in [-0.3, -0.25) is 0 Å². The number of nitrogens with zero attached hydrogens (tertiary/aromatic N) is 1. The van der Waals surface area contributed by atoms with Gasteiger partial charge in [0.1, 0.15) is 12.6 Å². The highest BCUT2D eigenvalue weighted by Gasteiger charge is 2.43. The quantitative estimate of drug-likeness (QED) is 0.906. The van der Waals surface area contributed by atoms with Gasteiger partial charge in [0.25, 0.3) is 0 Å². The fourth-order valence-corrected chi connectivity index (χ4v) is 1.95. The standard InChI is InChI=1S/C13H15F3N2O2/c14-13(15,16)11-8-18(7-6-17-11)12(19)20-9-10-4-2-1-3-5-10/h1-5,11,17H,6-9H2. The summed E-state index contributed by atoms with van der Waals surface area (Å²) in [6.45, 7) is -0.0533. The van der Waals surface area contributed by atoms with Crippen molar-refractivity contribution in [3.8, 4) is 0 Å². The van der Waals surface area contributed by atoms with E-state index in [-0.39, 0.29) is 19.7 Å². The van der Waals surface area contributed by atoms with Crippen molar-refractivity contribution in [3.05, 3.63) is 35.9 Å². The van der Waals surface area contributed by atoms with Crippen LogP contribution in [0.5, 0.6) is 0 Å². The van der Waals surface area contributed by atoms with E-state index >= 15 is 0 Å². The summed E-state index contributed by atoms with van der Waals surface area (Å²) in [5.41, 5.74) is 0.795. The van der Waals surface area contributed by atoms with Gasteiger partial charge in [0, 0.05) is 19.6 Å². The average molecular weight is 288 g/mol. The van der Waals surface area contributed by atoms with E-state index in [0.717, 1.165) is 10.5 Å². The van der Waals surface area contributed by atoms with Crippen molar-refractivity contribution in [2.75, 3.05) is 19.6 Å². The molecular formula is C13H15F3N2O2. The van der Waals surface area contributed by atoms with E-state index in [4.69, 9.17) is 4.74 Å². The third-order valence-corrected chi connectivity index (χ3v) is 3.03. The highest BCUT2D eigenvalue weighted by Crippen LogP contribution is 2.22. The van der Waals surface area contributed by atoms with Crippen molar-refractivity contribution in [1.82, 2.24) is 10.2 Å². The van der Waals surface area contributed by atoms with E-state index in [2.05, 4.69) is 5.32 Å². The monoisotopic (exact) mass is 288 g/mol. The molecule has 1 aromatic rings. The maximum absolute atomic E-state index is 12.6. The molecule has 0 saturated carbocycles. The molecule has 1 amide bonds. The molecule has 1 fully saturated rings. The maximum atomic E-state index is 12.6. The van der Waals surface area contributed by atoms with Gasteiger partial charge in [0.2, 0.25) is 0 Å². The van der Waals surface area contributed by atoms with Crippen LogP contribution in [0.15, 0.2) is 30.3 Å². The smallest absolute Gasteiger partial charge is 0.410 e. The van der Waals surface area contributed by atoms with Crippen LogP contribution in [0.4, 0.5) is 18.0 Å². The summed E-state index contributed by atoms with van der Waals surface area (Å²) in [4.78, 5) is 12.8. The Morgan fingerprint density at radius 1 is 1.35 bits per heavy atom. The predicted octanol–water partition coefficient (Wildman–Crippen LogP) is 2.16. The van der Waals surface area contributed by atoms with Crippen molar-refractivity contribution in [2.45, 2.75) is 18.8 Å². The molecular weight excluding hydrogens is 273 g/mol. The molecule has 0 aliphatic carbocycles. The summed E-state index contributed by atoms with van der Waals surface area (Å²) in [5, 5.41) is 2.34. The highest BCUT2D eigenvalue weighted by atomic mass is 19.4. The largest absolute Gasteiger partial charge is 0.445 e. The SMILES string of the molecule is O=C(OCc1ccccc1)N1CCNC(C(F)(F)F)C1. The number of hydrogen-bond acceptors (Lipinski definition) is 3. The molecule has 1 N–H and O–H groups in total. The van der Waals surface area contributed by atoms with Crippen LogP contribution in [0.3, 0.4) is 0 Å². The minimum Gasteiger partial charge on any atom is -0.445 e. The van der Waals surface area contributed by atoms with Gasteiger partial charge in [-0.05, 0) is 5.56 Å². The molecule has 0 aromatic heterocycles. The third kappa shape index (κ3) is 3.86. The number of halogens is 3. The molecule has 1 unspecified atom stereocenters. The number of hydrogen-bond donors (Lipinski definition) is 1. The molecule has 20 heavy (non-hydrogen) atoms. The van der Waals surface area contributed by atoms with E-state index < -0.39 is 24.9 Å². The number of alkyl halides is 3. The zero-order valence-electron chi connectivity index (χ0n) is 10.7. The van der Waals surface area contributed by atoms with Crippen molar-refractivity contribution in [1.29, 1.82) is 0 Å². The van der Waals surface area contributed by atoms with Gasteiger partial charge in [0.15, 0.2) is 0 Å². The Labute approximate surface area is 114 Å². The Kier molecular flexibility index (Phi) is 4.49. The van der Waals surface area contributed by atoms with Crippen LogP contribution in [-0.4, -0.2) is 42.8 Å². The Morgan fingerprint density at radius 2 is 2.05 bits per heavy atom. The topological polar surface area (TPSA) is 41.6 Å². The van der Waals surface area contributed by atoms with Crippen LogP contribution in [0.1, 0.15) is 5.56 Å². The van der Waals surface area contributed by atoms with Crippen LogP contribution >= 0.6 is 0 Å². The number of rotatable bonds is 2. The van der Waals surface area contributed by atoms with Crippen LogP contribution in [0.25, 0.3) is 0 Å². The number of carbonyl (C=O) groups is 1. The number of nitrogens with one attached hydrogen (secondary N) is 1. The van der Waals surface area contributed by atoms with Gasteiger partial charge in [-0.1, -0.05) is 30.3 Å². The molecule has 1 aromatic carbocycles. The lowest BCUT2D eigenvalue weighted by atomic mass is 10.2. The van der Waals surface area contributed by atoms with Crippen LogP contribution < -0.4 is 5.32 Å². The lowest BCUT2D eigenvalue weighted by molar-refractivity contribution is -0.163. The molecule has 0 bridgehead atoms. The number of benzene rings is 1. The molecule has 0 radical (unpaired) electrons. The van der Waals surface area contributed by atoms with Crippen LogP contribution in [0.2, 0.25) is 0 Å². The first kappa shape index (κ1) is 14.6. The molecule has 1 atom stereocenters. The van der Waals surface area contributed by atoms with Crippen LogP contribution in [-0.2, 0) is 11.3 Å². The number of ether oxygens (including phenoxy) is 1. The first-order valence-corrected chi connectivity index (χ1v) is 6.22. The Hall–Kier alpha value is -1.76. The fourth-order valence-electron chi connectivity index (χ4n) is 1.95. The predicted molar refractivity (Wildman–Crippen MR) is 66.0 cm³/mol. The summed E-state index contributed by atoms with van der Waals surface area (Å²) in [6, 6.07) is 7.30. The Morgan fingerprint density at radius 3 is 2.70 bits per heavy atom. The second-order valence-corrected chi connectivity index (χ2v) is 4.53. The third-order valence-electron chi connectivity index (χ3n) is 3.03. The van der Waals surface area contributed by atoms with Gasteiger partial charge in [0.05, 0.1) is 0 Å². The highest BCUT2D eigenvalue weighted by molar-refractivity contribution is 5.67. The van der Waals surface area contributed by atoms with Gasteiger partial charge in [-0.25, -0.2) is 4.79 Å². The van der Waals surface area contributed by atoms with E-state index in [1.165, 1.54) is 0 Å². The zero-order chi connectivity index (χ0) is 14.6. The molecule has 4 nitrogen and oxygen atoms in total. The van der Waals surface area contributed by atoms with Gasteiger partial charge in [-0.2, -0.15) is 13.2 Å². The molecule has 1 aliphatic rings. The van der Waals surface area contributed by atoms with E-state index in [1.54, 1.807) is 24.3 Å². The van der Waals surface area contributed by atoms with E-state index in [0.29, 0.717) is 0 Å². The first-order chi connectivity index (χ1) is 9.47. The summed E-state index contributed by atoms with van der Waals surface area (Å²) >= 11 is 0. The number of amides is 1. The van der Waals surface area contributed by atoms with Gasteiger partial charge in [-0.15, -0.1) is 0 Å². The average Bonchev–Trinajstić information content (AvgIpc) is 2.45. The van der Waals surface area contributed by atoms with Gasteiger partial charge < -0.3 is 15.0 Å². The lowest BCUT2D eigenvalue weighted by Crippen LogP contribution is -2.58. The summed E-state index contributed by atoms with van der Waals surface area (Å²) in [5.74, 6) is 0. The Bertz CT molecular complexity index is 451.